The van der Waals surface area contributed by atoms with Crippen LogP contribution in [0, 0.1) is 16.0 Å². The average Bonchev–Trinajstić information content (AvgIpc) is 2.68. The van der Waals surface area contributed by atoms with Crippen LogP contribution in [-0.2, 0) is 10.0 Å². The first kappa shape index (κ1) is 19.3. The van der Waals surface area contributed by atoms with Crippen molar-refractivity contribution in [2.24, 2.45) is 5.92 Å². The molecular formula is C19H23N3O4S. The number of sulfonamides is 1. The Morgan fingerprint density at radius 1 is 1.15 bits per heavy atom. The van der Waals surface area contributed by atoms with Gasteiger partial charge in [0.1, 0.15) is 5.69 Å². The molecule has 1 aliphatic rings. The van der Waals surface area contributed by atoms with Crippen LogP contribution in [0.1, 0.15) is 31.4 Å². The number of nitrogens with zero attached hydrogens (tertiary/aromatic N) is 2. The molecule has 0 aliphatic carbocycles. The van der Waals surface area contributed by atoms with E-state index in [9.17, 15) is 18.5 Å². The summed E-state index contributed by atoms with van der Waals surface area (Å²) < 4.78 is 26.3. The van der Waals surface area contributed by atoms with E-state index in [1.54, 1.807) is 6.07 Å². The largest absolute Gasteiger partial charge is 0.359 e. The van der Waals surface area contributed by atoms with Crippen molar-refractivity contribution in [3.05, 3.63) is 64.2 Å². The summed E-state index contributed by atoms with van der Waals surface area (Å²) in [5.41, 5.74) is 1.36. The first-order chi connectivity index (χ1) is 12.8. The molecule has 0 unspecified atom stereocenters. The van der Waals surface area contributed by atoms with Crippen molar-refractivity contribution in [1.82, 2.24) is 4.72 Å². The molecule has 7 nitrogen and oxygen atoms in total. The number of nitro groups is 1. The SMILES string of the molecule is CNS(=O)(=O)c1ccc(N2C[C@H](C)CC[C@H]2c2ccccc2)c([N+](=O)[O-])c1. The normalized spacial score (nSPS) is 20.4. The van der Waals surface area contributed by atoms with E-state index in [-0.39, 0.29) is 16.6 Å². The van der Waals surface area contributed by atoms with Gasteiger partial charge in [-0.15, -0.1) is 0 Å². The van der Waals surface area contributed by atoms with Crippen LogP contribution in [-0.4, -0.2) is 26.9 Å². The Hall–Kier alpha value is -2.45. The highest BCUT2D eigenvalue weighted by Crippen LogP contribution is 2.41. The van der Waals surface area contributed by atoms with E-state index >= 15 is 0 Å². The van der Waals surface area contributed by atoms with E-state index in [0.29, 0.717) is 18.2 Å². The lowest BCUT2D eigenvalue weighted by Crippen LogP contribution is -2.37. The lowest BCUT2D eigenvalue weighted by Gasteiger charge is -2.40. The predicted octanol–water partition coefficient (Wildman–Crippen LogP) is 3.48. The number of hydrogen-bond donors (Lipinski definition) is 1. The van der Waals surface area contributed by atoms with E-state index in [1.807, 2.05) is 35.2 Å². The molecule has 3 rings (SSSR count). The molecule has 1 aliphatic heterocycles. The van der Waals surface area contributed by atoms with Crippen LogP contribution in [0.15, 0.2) is 53.4 Å². The third kappa shape index (κ3) is 3.96. The van der Waals surface area contributed by atoms with Gasteiger partial charge in [0, 0.05) is 12.6 Å². The van der Waals surface area contributed by atoms with E-state index in [4.69, 9.17) is 0 Å². The highest BCUT2D eigenvalue weighted by molar-refractivity contribution is 7.89. The average molecular weight is 389 g/mol. The minimum atomic E-state index is -3.75. The van der Waals surface area contributed by atoms with Crippen molar-refractivity contribution in [2.45, 2.75) is 30.7 Å². The van der Waals surface area contributed by atoms with Crippen molar-refractivity contribution in [3.63, 3.8) is 0 Å². The quantitative estimate of drug-likeness (QED) is 0.624. The minimum absolute atomic E-state index is 0.0212. The van der Waals surface area contributed by atoms with Crippen LogP contribution in [0.2, 0.25) is 0 Å². The van der Waals surface area contributed by atoms with Crippen molar-refractivity contribution < 1.29 is 13.3 Å². The van der Waals surface area contributed by atoms with Gasteiger partial charge in [0.25, 0.3) is 5.69 Å². The molecule has 1 saturated heterocycles. The zero-order valence-electron chi connectivity index (χ0n) is 15.3. The predicted molar refractivity (Wildman–Crippen MR) is 104 cm³/mol. The first-order valence-electron chi connectivity index (χ1n) is 8.87. The molecule has 8 heteroatoms. The van der Waals surface area contributed by atoms with Crippen molar-refractivity contribution in [3.8, 4) is 0 Å². The molecule has 2 atom stereocenters. The van der Waals surface area contributed by atoms with Gasteiger partial charge in [0.2, 0.25) is 10.0 Å². The maximum absolute atomic E-state index is 12.1. The molecule has 1 N–H and O–H groups in total. The standard InChI is InChI=1S/C19H23N3O4S/c1-14-8-10-17(15-6-4-3-5-7-15)21(13-14)18-11-9-16(27(25,26)20-2)12-19(18)22(23)24/h3-7,9,11-12,14,17,20H,8,10,13H2,1-2H3/t14-,17+/m1/s1. The Kier molecular flexibility index (Phi) is 5.48. The van der Waals surface area contributed by atoms with Gasteiger partial charge in [-0.2, -0.15) is 0 Å². The molecule has 0 amide bonds. The highest BCUT2D eigenvalue weighted by Gasteiger charge is 2.32. The molecule has 1 heterocycles. The summed E-state index contributed by atoms with van der Waals surface area (Å²) in [6, 6.07) is 14.1. The number of anilines is 1. The summed E-state index contributed by atoms with van der Waals surface area (Å²) in [7, 11) is -2.47. The smallest absolute Gasteiger partial charge is 0.293 e. The maximum Gasteiger partial charge on any atom is 0.293 e. The first-order valence-corrected chi connectivity index (χ1v) is 10.4. The topological polar surface area (TPSA) is 92.6 Å². The van der Waals surface area contributed by atoms with Gasteiger partial charge in [0.05, 0.1) is 15.9 Å². The number of benzene rings is 2. The summed E-state index contributed by atoms with van der Waals surface area (Å²) in [5, 5.41) is 11.7. The van der Waals surface area contributed by atoms with Crippen molar-refractivity contribution in [1.29, 1.82) is 0 Å². The Morgan fingerprint density at radius 2 is 1.85 bits per heavy atom. The van der Waals surface area contributed by atoms with Crippen LogP contribution < -0.4 is 9.62 Å². The van der Waals surface area contributed by atoms with E-state index in [2.05, 4.69) is 11.6 Å². The third-order valence-electron chi connectivity index (χ3n) is 5.03. The van der Waals surface area contributed by atoms with Gasteiger partial charge >= 0.3 is 0 Å². The molecular weight excluding hydrogens is 366 g/mol. The van der Waals surface area contributed by atoms with E-state index in [1.165, 1.54) is 13.1 Å². The van der Waals surface area contributed by atoms with E-state index < -0.39 is 14.9 Å². The van der Waals surface area contributed by atoms with Crippen LogP contribution in [0.5, 0.6) is 0 Å². The molecule has 0 saturated carbocycles. The van der Waals surface area contributed by atoms with Gasteiger partial charge in [-0.25, -0.2) is 13.1 Å². The van der Waals surface area contributed by atoms with Crippen LogP contribution in [0.3, 0.4) is 0 Å². The second-order valence-corrected chi connectivity index (χ2v) is 8.76. The van der Waals surface area contributed by atoms with Crippen LogP contribution >= 0.6 is 0 Å². The van der Waals surface area contributed by atoms with Gasteiger partial charge < -0.3 is 4.90 Å². The van der Waals surface area contributed by atoms with Gasteiger partial charge in [0.15, 0.2) is 0 Å². The monoisotopic (exact) mass is 389 g/mol. The molecule has 144 valence electrons. The van der Waals surface area contributed by atoms with Crippen LogP contribution in [0.4, 0.5) is 11.4 Å². The maximum atomic E-state index is 12.1. The number of nitrogens with one attached hydrogen (secondary N) is 1. The molecule has 2 aromatic carbocycles. The Bertz CT molecular complexity index is 931. The molecule has 0 aromatic heterocycles. The fourth-order valence-corrected chi connectivity index (χ4v) is 4.37. The second kappa shape index (κ2) is 7.66. The minimum Gasteiger partial charge on any atom is -0.359 e. The van der Waals surface area contributed by atoms with Crippen molar-refractivity contribution >= 4 is 21.4 Å². The number of nitro benzene ring substituents is 1. The number of piperidine rings is 1. The Morgan fingerprint density at radius 3 is 2.48 bits per heavy atom. The molecule has 0 radical (unpaired) electrons. The number of hydrogen-bond acceptors (Lipinski definition) is 5. The van der Waals surface area contributed by atoms with Crippen LogP contribution in [0.25, 0.3) is 0 Å². The summed E-state index contributed by atoms with van der Waals surface area (Å²) in [4.78, 5) is 13.1. The molecule has 1 fully saturated rings. The lowest BCUT2D eigenvalue weighted by atomic mass is 9.89. The summed E-state index contributed by atoms with van der Waals surface area (Å²) in [5.74, 6) is 0.394. The zero-order chi connectivity index (χ0) is 19.6. The zero-order valence-corrected chi connectivity index (χ0v) is 16.1. The van der Waals surface area contributed by atoms with E-state index in [0.717, 1.165) is 24.5 Å². The van der Waals surface area contributed by atoms with Gasteiger partial charge in [-0.05, 0) is 43.5 Å². The second-order valence-electron chi connectivity index (χ2n) is 6.88. The number of rotatable bonds is 5. The molecule has 27 heavy (non-hydrogen) atoms. The summed E-state index contributed by atoms with van der Waals surface area (Å²) in [6.07, 6.45) is 1.93. The Balaban J connectivity index is 2.10. The van der Waals surface area contributed by atoms with Crippen molar-refractivity contribution in [2.75, 3.05) is 18.5 Å². The molecule has 2 aromatic rings. The highest BCUT2D eigenvalue weighted by atomic mass is 32.2. The van der Waals surface area contributed by atoms with Gasteiger partial charge in [-0.3, -0.25) is 10.1 Å². The molecule has 0 spiro atoms. The third-order valence-corrected chi connectivity index (χ3v) is 6.45. The fourth-order valence-electron chi connectivity index (χ4n) is 3.62. The Labute approximate surface area is 159 Å². The summed E-state index contributed by atoms with van der Waals surface area (Å²) >= 11 is 0. The van der Waals surface area contributed by atoms with Gasteiger partial charge in [-0.1, -0.05) is 37.3 Å². The molecule has 0 bridgehead atoms. The summed E-state index contributed by atoms with van der Waals surface area (Å²) in [6.45, 7) is 2.80. The lowest BCUT2D eigenvalue weighted by molar-refractivity contribution is -0.384. The fraction of sp³-hybridized carbons (Fsp3) is 0.368.